The van der Waals surface area contributed by atoms with Crippen LogP contribution < -0.4 is 4.90 Å². The summed E-state index contributed by atoms with van der Waals surface area (Å²) in [7, 11) is 0. The second-order valence-corrected chi connectivity index (χ2v) is 6.81. The number of aromatic nitrogens is 1. The van der Waals surface area contributed by atoms with Gasteiger partial charge in [0.25, 0.3) is 5.91 Å². The van der Waals surface area contributed by atoms with Crippen LogP contribution >= 0.6 is 11.8 Å². The fourth-order valence-electron chi connectivity index (χ4n) is 2.63. The number of rotatable bonds is 4. The Balaban J connectivity index is 1.81. The first-order chi connectivity index (χ1) is 11.2. The first-order valence-electron chi connectivity index (χ1n) is 7.81. The van der Waals surface area contributed by atoms with Gasteiger partial charge >= 0.3 is 0 Å². The monoisotopic (exact) mass is 324 g/mol. The molecule has 0 saturated carbocycles. The van der Waals surface area contributed by atoms with Crippen LogP contribution in [0.25, 0.3) is 6.08 Å². The SMILES string of the molecule is Cc1ccc(/C=C/C(=O)N(c2ccccn2)[C@@H]2CCSC2)cc1. The van der Waals surface area contributed by atoms with Crippen LogP contribution in [0.2, 0.25) is 0 Å². The van der Waals surface area contributed by atoms with Crippen molar-refractivity contribution >= 4 is 29.6 Å². The molecule has 0 spiro atoms. The summed E-state index contributed by atoms with van der Waals surface area (Å²) >= 11 is 1.89. The van der Waals surface area contributed by atoms with Crippen molar-refractivity contribution in [2.24, 2.45) is 0 Å². The zero-order valence-corrected chi connectivity index (χ0v) is 14.0. The smallest absolute Gasteiger partial charge is 0.252 e. The van der Waals surface area contributed by atoms with Crippen molar-refractivity contribution in [3.8, 4) is 0 Å². The first-order valence-corrected chi connectivity index (χ1v) is 8.96. The molecular weight excluding hydrogens is 304 g/mol. The van der Waals surface area contributed by atoms with Crippen LogP contribution in [0, 0.1) is 6.92 Å². The molecule has 2 heterocycles. The third-order valence-electron chi connectivity index (χ3n) is 3.90. The quantitative estimate of drug-likeness (QED) is 0.799. The molecule has 1 atom stereocenters. The van der Waals surface area contributed by atoms with Crippen LogP contribution in [0.5, 0.6) is 0 Å². The molecule has 1 fully saturated rings. The van der Waals surface area contributed by atoms with Crippen LogP contribution in [0.4, 0.5) is 5.82 Å². The number of thioether (sulfide) groups is 1. The molecule has 0 N–H and O–H groups in total. The van der Waals surface area contributed by atoms with Crippen molar-refractivity contribution in [2.75, 3.05) is 16.4 Å². The molecule has 23 heavy (non-hydrogen) atoms. The highest BCUT2D eigenvalue weighted by atomic mass is 32.2. The number of nitrogens with zero attached hydrogens (tertiary/aromatic N) is 2. The second-order valence-electron chi connectivity index (χ2n) is 5.66. The predicted molar refractivity (Wildman–Crippen MR) is 97.7 cm³/mol. The van der Waals surface area contributed by atoms with Crippen molar-refractivity contribution in [2.45, 2.75) is 19.4 Å². The molecule has 0 unspecified atom stereocenters. The molecule has 1 aliphatic heterocycles. The van der Waals surface area contributed by atoms with E-state index in [1.54, 1.807) is 12.3 Å². The van der Waals surface area contributed by atoms with Crippen molar-refractivity contribution in [1.82, 2.24) is 4.98 Å². The number of hydrogen-bond donors (Lipinski definition) is 0. The highest BCUT2D eigenvalue weighted by molar-refractivity contribution is 7.99. The van der Waals surface area contributed by atoms with Crippen LogP contribution in [0.3, 0.4) is 0 Å². The van der Waals surface area contributed by atoms with E-state index in [-0.39, 0.29) is 11.9 Å². The summed E-state index contributed by atoms with van der Waals surface area (Å²) in [4.78, 5) is 19.0. The Hall–Kier alpha value is -2.07. The lowest BCUT2D eigenvalue weighted by Crippen LogP contribution is -2.40. The molecule has 1 aliphatic rings. The van der Waals surface area contributed by atoms with E-state index in [9.17, 15) is 4.79 Å². The number of carbonyl (C=O) groups excluding carboxylic acids is 1. The lowest BCUT2D eigenvalue weighted by molar-refractivity contribution is -0.114. The van der Waals surface area contributed by atoms with Crippen LogP contribution in [0.15, 0.2) is 54.7 Å². The summed E-state index contributed by atoms with van der Waals surface area (Å²) in [5.41, 5.74) is 2.25. The van der Waals surface area contributed by atoms with Gasteiger partial charge < -0.3 is 0 Å². The summed E-state index contributed by atoms with van der Waals surface area (Å²) < 4.78 is 0. The van der Waals surface area contributed by atoms with Gasteiger partial charge in [0.1, 0.15) is 5.82 Å². The summed E-state index contributed by atoms with van der Waals surface area (Å²) in [5.74, 6) is 2.80. The molecule has 2 aromatic rings. The van der Waals surface area contributed by atoms with Gasteiger partial charge in [0.15, 0.2) is 0 Å². The predicted octanol–water partition coefficient (Wildman–Crippen LogP) is 3.94. The van der Waals surface area contributed by atoms with Crippen molar-refractivity contribution < 1.29 is 4.79 Å². The maximum Gasteiger partial charge on any atom is 0.252 e. The Morgan fingerprint density at radius 3 is 2.74 bits per heavy atom. The summed E-state index contributed by atoms with van der Waals surface area (Å²) in [6.45, 7) is 2.05. The minimum atomic E-state index is -0.00299. The molecule has 3 rings (SSSR count). The highest BCUT2D eigenvalue weighted by Gasteiger charge is 2.27. The van der Waals surface area contributed by atoms with Gasteiger partial charge in [0.05, 0.1) is 0 Å². The minimum Gasteiger partial charge on any atom is -0.289 e. The average Bonchev–Trinajstić information content (AvgIpc) is 3.10. The second kappa shape index (κ2) is 7.47. The third-order valence-corrected chi connectivity index (χ3v) is 5.04. The van der Waals surface area contributed by atoms with Crippen molar-refractivity contribution in [1.29, 1.82) is 0 Å². The molecule has 4 heteroatoms. The third kappa shape index (κ3) is 4.02. The van der Waals surface area contributed by atoms with Gasteiger partial charge in [0.2, 0.25) is 0 Å². The Bertz CT molecular complexity index is 676. The number of anilines is 1. The number of carbonyl (C=O) groups is 1. The molecule has 1 aromatic carbocycles. The number of benzene rings is 1. The normalized spacial score (nSPS) is 17.5. The zero-order valence-electron chi connectivity index (χ0n) is 13.2. The lowest BCUT2D eigenvalue weighted by atomic mass is 10.1. The average molecular weight is 324 g/mol. The van der Waals surface area contributed by atoms with E-state index < -0.39 is 0 Å². The minimum absolute atomic E-state index is 0.00299. The van der Waals surface area contributed by atoms with Crippen LogP contribution in [0.1, 0.15) is 17.5 Å². The Labute approximate surface area is 141 Å². The summed E-state index contributed by atoms with van der Waals surface area (Å²) in [6, 6.07) is 14.1. The number of hydrogen-bond acceptors (Lipinski definition) is 3. The van der Waals surface area contributed by atoms with Gasteiger partial charge in [-0.1, -0.05) is 35.9 Å². The zero-order chi connectivity index (χ0) is 16.1. The highest BCUT2D eigenvalue weighted by Crippen LogP contribution is 2.26. The lowest BCUT2D eigenvalue weighted by Gasteiger charge is -2.26. The molecule has 3 nitrogen and oxygen atoms in total. The molecule has 1 amide bonds. The van der Waals surface area contributed by atoms with Gasteiger partial charge in [-0.25, -0.2) is 4.98 Å². The van der Waals surface area contributed by atoms with Crippen molar-refractivity contribution in [3.63, 3.8) is 0 Å². The maximum absolute atomic E-state index is 12.8. The molecule has 0 radical (unpaired) electrons. The molecule has 118 valence electrons. The van der Waals surface area contributed by atoms with Crippen molar-refractivity contribution in [3.05, 3.63) is 65.9 Å². The van der Waals surface area contributed by atoms with E-state index in [1.807, 2.05) is 65.2 Å². The van der Waals surface area contributed by atoms with E-state index in [1.165, 1.54) is 5.56 Å². The Kier molecular flexibility index (Phi) is 5.13. The van der Waals surface area contributed by atoms with Gasteiger partial charge in [-0.3, -0.25) is 9.69 Å². The number of aryl methyl sites for hydroxylation is 1. The van der Waals surface area contributed by atoms with Crippen LogP contribution in [-0.4, -0.2) is 28.4 Å². The van der Waals surface area contributed by atoms with Gasteiger partial charge in [-0.15, -0.1) is 0 Å². The summed E-state index contributed by atoms with van der Waals surface area (Å²) in [6.07, 6.45) is 6.29. The fourth-order valence-corrected chi connectivity index (χ4v) is 3.82. The fraction of sp³-hybridized carbons (Fsp3) is 0.263. The van der Waals surface area contributed by atoms with Crippen LogP contribution in [-0.2, 0) is 4.79 Å². The van der Waals surface area contributed by atoms with E-state index in [0.717, 1.165) is 29.3 Å². The van der Waals surface area contributed by atoms with E-state index in [4.69, 9.17) is 0 Å². The molecule has 0 aliphatic carbocycles. The van der Waals surface area contributed by atoms with Gasteiger partial charge in [-0.2, -0.15) is 11.8 Å². The van der Waals surface area contributed by atoms with Gasteiger partial charge in [-0.05, 0) is 42.9 Å². The van der Waals surface area contributed by atoms with E-state index in [2.05, 4.69) is 11.9 Å². The number of pyridine rings is 1. The Morgan fingerprint density at radius 1 is 1.26 bits per heavy atom. The topological polar surface area (TPSA) is 33.2 Å². The summed E-state index contributed by atoms with van der Waals surface area (Å²) in [5, 5.41) is 0. The van der Waals surface area contributed by atoms with E-state index >= 15 is 0 Å². The first kappa shape index (κ1) is 15.8. The maximum atomic E-state index is 12.8. The molecule has 1 saturated heterocycles. The molecule has 1 aromatic heterocycles. The van der Waals surface area contributed by atoms with Gasteiger partial charge in [0, 0.05) is 24.1 Å². The molecular formula is C19H20N2OS. The Morgan fingerprint density at radius 2 is 2.09 bits per heavy atom. The largest absolute Gasteiger partial charge is 0.289 e. The molecule has 0 bridgehead atoms. The number of amides is 1. The standard InChI is InChI=1S/C19H20N2OS/c1-15-5-7-16(8-6-15)9-10-19(22)21(17-11-13-23-14-17)18-4-2-3-12-20-18/h2-10,12,17H,11,13-14H2,1H3/b10-9+/t17-/m1/s1. The van der Waals surface area contributed by atoms with E-state index in [0.29, 0.717) is 0 Å².